The van der Waals surface area contributed by atoms with E-state index in [2.05, 4.69) is 17.9 Å². The van der Waals surface area contributed by atoms with Crippen LogP contribution in [-0.2, 0) is 16.0 Å². The zero-order valence-corrected chi connectivity index (χ0v) is 16.0. The third-order valence-corrected chi connectivity index (χ3v) is 5.65. The maximum atomic E-state index is 12.6. The summed E-state index contributed by atoms with van der Waals surface area (Å²) in [5.74, 6) is 0.449. The van der Waals surface area contributed by atoms with Crippen molar-refractivity contribution in [1.82, 2.24) is 14.7 Å². The summed E-state index contributed by atoms with van der Waals surface area (Å²) < 4.78 is 0. The van der Waals surface area contributed by atoms with Crippen LogP contribution in [0.1, 0.15) is 36.8 Å². The highest BCUT2D eigenvalue weighted by molar-refractivity contribution is 5.80. The second-order valence-electron chi connectivity index (χ2n) is 7.56. The molecule has 0 spiro atoms. The maximum Gasteiger partial charge on any atom is 0.236 e. The third-order valence-electron chi connectivity index (χ3n) is 5.65. The van der Waals surface area contributed by atoms with E-state index in [-0.39, 0.29) is 11.8 Å². The first-order chi connectivity index (χ1) is 12.6. The average Bonchev–Trinajstić information content (AvgIpc) is 2.94. The van der Waals surface area contributed by atoms with Crippen LogP contribution in [0.25, 0.3) is 0 Å². The first-order valence-corrected chi connectivity index (χ1v) is 9.96. The molecule has 0 aromatic heterocycles. The Kier molecular flexibility index (Phi) is 6.67. The Morgan fingerprint density at radius 1 is 0.808 bits per heavy atom. The van der Waals surface area contributed by atoms with Crippen LogP contribution in [0.2, 0.25) is 0 Å². The van der Waals surface area contributed by atoms with Gasteiger partial charge < -0.3 is 9.80 Å². The van der Waals surface area contributed by atoms with Crippen molar-refractivity contribution in [2.45, 2.75) is 39.0 Å². The predicted octanol–water partition coefficient (Wildman–Crippen LogP) is 2.08. The normalized spacial score (nSPS) is 19.3. The molecule has 2 heterocycles. The Bertz CT molecular complexity index is 615. The molecule has 0 aliphatic carbocycles. The largest absolute Gasteiger partial charge is 0.342 e. The number of carbonyl (C=O) groups is 2. The van der Waals surface area contributed by atoms with Crippen molar-refractivity contribution in [3.63, 3.8) is 0 Å². The number of amides is 2. The summed E-state index contributed by atoms with van der Waals surface area (Å²) in [6.07, 6.45) is 5.22. The average molecular weight is 357 g/mol. The molecule has 2 fully saturated rings. The molecule has 0 N–H and O–H groups in total. The number of likely N-dealkylation sites (tertiary alicyclic amines) is 1. The number of hydrogen-bond donors (Lipinski definition) is 0. The van der Waals surface area contributed by atoms with Crippen LogP contribution in [0.4, 0.5) is 0 Å². The van der Waals surface area contributed by atoms with Gasteiger partial charge in [-0.25, -0.2) is 0 Å². The molecule has 0 bridgehead atoms. The number of rotatable bonds is 4. The minimum atomic E-state index is 0.192. The van der Waals surface area contributed by atoms with Crippen molar-refractivity contribution in [2.75, 3.05) is 45.8 Å². The van der Waals surface area contributed by atoms with Gasteiger partial charge in [0.25, 0.3) is 0 Å². The van der Waals surface area contributed by atoms with Crippen LogP contribution in [0.3, 0.4) is 0 Å². The Balaban J connectivity index is 1.44. The van der Waals surface area contributed by atoms with E-state index in [1.165, 1.54) is 18.4 Å². The molecule has 142 valence electrons. The molecule has 2 aliphatic heterocycles. The fourth-order valence-electron chi connectivity index (χ4n) is 3.85. The summed E-state index contributed by atoms with van der Waals surface area (Å²) in [7, 11) is 0. The number of aryl methyl sites for hydroxylation is 1. The Labute approximate surface area is 156 Å². The molecule has 0 radical (unpaired) electrons. The van der Waals surface area contributed by atoms with Gasteiger partial charge in [0.1, 0.15) is 0 Å². The van der Waals surface area contributed by atoms with Gasteiger partial charge in [-0.3, -0.25) is 14.5 Å². The highest BCUT2D eigenvalue weighted by Gasteiger charge is 2.24. The van der Waals surface area contributed by atoms with Crippen molar-refractivity contribution < 1.29 is 9.59 Å². The van der Waals surface area contributed by atoms with Crippen molar-refractivity contribution >= 4 is 11.8 Å². The van der Waals surface area contributed by atoms with Gasteiger partial charge in [0.15, 0.2) is 0 Å². The zero-order chi connectivity index (χ0) is 18.4. The molecule has 2 aliphatic rings. The minimum absolute atomic E-state index is 0.192. The molecular weight excluding hydrogens is 326 g/mol. The van der Waals surface area contributed by atoms with Crippen LogP contribution in [0.15, 0.2) is 24.3 Å². The quantitative estimate of drug-likeness (QED) is 0.829. The van der Waals surface area contributed by atoms with E-state index in [1.54, 1.807) is 0 Å². The summed E-state index contributed by atoms with van der Waals surface area (Å²) in [6, 6.07) is 8.07. The van der Waals surface area contributed by atoms with Gasteiger partial charge >= 0.3 is 0 Å². The zero-order valence-electron chi connectivity index (χ0n) is 16.0. The SMILES string of the molecule is Cc1ccccc1CC(=O)N1CCN(CC(=O)N2CCCCCC2)CC1. The van der Waals surface area contributed by atoms with Gasteiger partial charge in [-0.1, -0.05) is 37.1 Å². The smallest absolute Gasteiger partial charge is 0.236 e. The van der Waals surface area contributed by atoms with Crippen molar-refractivity contribution in [3.8, 4) is 0 Å². The molecule has 1 aromatic rings. The first-order valence-electron chi connectivity index (χ1n) is 9.96. The van der Waals surface area contributed by atoms with Gasteiger partial charge in [-0.05, 0) is 30.9 Å². The first kappa shape index (κ1) is 18.9. The molecule has 2 saturated heterocycles. The monoisotopic (exact) mass is 357 g/mol. The topological polar surface area (TPSA) is 43.9 Å². The Hall–Kier alpha value is -1.88. The lowest BCUT2D eigenvalue weighted by molar-refractivity contribution is -0.134. The number of hydrogen-bond acceptors (Lipinski definition) is 3. The van der Waals surface area contributed by atoms with Gasteiger partial charge in [0.05, 0.1) is 13.0 Å². The molecule has 2 amide bonds. The lowest BCUT2D eigenvalue weighted by Gasteiger charge is -2.35. The summed E-state index contributed by atoms with van der Waals surface area (Å²) in [4.78, 5) is 31.3. The Morgan fingerprint density at radius 2 is 1.42 bits per heavy atom. The Morgan fingerprint density at radius 3 is 2.08 bits per heavy atom. The standard InChI is InChI=1S/C21H31N3O2/c1-18-8-4-5-9-19(18)16-20(25)24-14-12-22(13-15-24)17-21(26)23-10-6-2-3-7-11-23/h4-5,8-9H,2-3,6-7,10-17H2,1H3. The van der Waals surface area contributed by atoms with Gasteiger partial charge in [-0.15, -0.1) is 0 Å². The fourth-order valence-corrected chi connectivity index (χ4v) is 3.85. The lowest BCUT2D eigenvalue weighted by atomic mass is 10.1. The van der Waals surface area contributed by atoms with Crippen LogP contribution < -0.4 is 0 Å². The molecule has 3 rings (SSSR count). The second kappa shape index (κ2) is 9.17. The molecule has 0 saturated carbocycles. The van der Waals surface area contributed by atoms with Crippen molar-refractivity contribution in [3.05, 3.63) is 35.4 Å². The summed E-state index contributed by atoms with van der Waals surface area (Å²) in [5.41, 5.74) is 2.28. The van der Waals surface area contributed by atoms with E-state index in [0.717, 1.165) is 57.7 Å². The summed E-state index contributed by atoms with van der Waals surface area (Å²) in [5, 5.41) is 0. The van der Waals surface area contributed by atoms with Crippen LogP contribution in [-0.4, -0.2) is 72.3 Å². The molecule has 5 heteroatoms. The van der Waals surface area contributed by atoms with Crippen molar-refractivity contribution in [2.24, 2.45) is 0 Å². The third kappa shape index (κ3) is 5.07. The molecule has 26 heavy (non-hydrogen) atoms. The number of carbonyl (C=O) groups excluding carboxylic acids is 2. The van der Waals surface area contributed by atoms with Gasteiger partial charge in [-0.2, -0.15) is 0 Å². The second-order valence-corrected chi connectivity index (χ2v) is 7.56. The van der Waals surface area contributed by atoms with Crippen LogP contribution in [0.5, 0.6) is 0 Å². The van der Waals surface area contributed by atoms with Gasteiger partial charge in [0.2, 0.25) is 11.8 Å². The summed E-state index contributed by atoms with van der Waals surface area (Å²) >= 11 is 0. The lowest BCUT2D eigenvalue weighted by Crippen LogP contribution is -2.52. The molecule has 0 unspecified atom stereocenters. The van der Waals surface area contributed by atoms with Crippen molar-refractivity contribution in [1.29, 1.82) is 0 Å². The number of nitrogens with zero attached hydrogens (tertiary/aromatic N) is 3. The summed E-state index contributed by atoms with van der Waals surface area (Å²) in [6.45, 7) is 7.39. The molecule has 0 atom stereocenters. The van der Waals surface area contributed by atoms with E-state index in [1.807, 2.05) is 28.0 Å². The predicted molar refractivity (Wildman–Crippen MR) is 103 cm³/mol. The van der Waals surface area contributed by atoms with Crippen LogP contribution in [0, 0.1) is 6.92 Å². The molecule has 5 nitrogen and oxygen atoms in total. The van der Waals surface area contributed by atoms with E-state index >= 15 is 0 Å². The number of benzene rings is 1. The van der Waals surface area contributed by atoms with E-state index in [9.17, 15) is 9.59 Å². The maximum absolute atomic E-state index is 12.6. The van der Waals surface area contributed by atoms with E-state index < -0.39 is 0 Å². The molecular formula is C21H31N3O2. The highest BCUT2D eigenvalue weighted by Crippen LogP contribution is 2.13. The van der Waals surface area contributed by atoms with Gasteiger partial charge in [0, 0.05) is 39.3 Å². The highest BCUT2D eigenvalue weighted by atomic mass is 16.2. The number of piperazine rings is 1. The fraction of sp³-hybridized carbons (Fsp3) is 0.619. The van der Waals surface area contributed by atoms with E-state index in [0.29, 0.717) is 13.0 Å². The molecule has 1 aromatic carbocycles. The van der Waals surface area contributed by atoms with Crippen LogP contribution >= 0.6 is 0 Å². The van der Waals surface area contributed by atoms with E-state index in [4.69, 9.17) is 0 Å². The minimum Gasteiger partial charge on any atom is -0.342 e.